The molecule has 4 rings (SSSR count). The summed E-state index contributed by atoms with van der Waals surface area (Å²) in [6.45, 7) is 2.50. The molecule has 0 amide bonds. The van der Waals surface area contributed by atoms with Gasteiger partial charge in [-0.25, -0.2) is 9.78 Å². The molecule has 32 heavy (non-hydrogen) atoms. The molecule has 0 bridgehead atoms. The van der Waals surface area contributed by atoms with Gasteiger partial charge in [0.2, 0.25) is 0 Å². The summed E-state index contributed by atoms with van der Waals surface area (Å²) in [7, 11) is 3.02. The van der Waals surface area contributed by atoms with Gasteiger partial charge in [-0.15, -0.1) is 11.3 Å². The lowest BCUT2D eigenvalue weighted by Crippen LogP contribution is -2.29. The molecule has 1 atom stereocenters. The standard InChI is InChI=1S/C26H25NO4S/c1-4-26(30-3,25-27-16-23(32-25)24(28)29-2)21-10-7-11-22(15-21)31-17-18-12-13-19-8-5-6-9-20(19)14-18/h5-16H,4,17H2,1-3H3. The van der Waals surface area contributed by atoms with E-state index in [1.165, 1.54) is 35.4 Å². The van der Waals surface area contributed by atoms with Crippen molar-refractivity contribution in [3.8, 4) is 5.75 Å². The normalized spacial score (nSPS) is 13.0. The van der Waals surface area contributed by atoms with Crippen LogP contribution in [0.3, 0.4) is 0 Å². The molecule has 0 aliphatic heterocycles. The Morgan fingerprint density at radius 2 is 1.81 bits per heavy atom. The summed E-state index contributed by atoms with van der Waals surface area (Å²) in [4.78, 5) is 16.8. The maximum atomic E-state index is 11.9. The van der Waals surface area contributed by atoms with Gasteiger partial charge >= 0.3 is 5.97 Å². The summed E-state index contributed by atoms with van der Waals surface area (Å²) in [5.41, 5.74) is 1.24. The minimum atomic E-state index is -0.779. The number of rotatable bonds is 8. The highest BCUT2D eigenvalue weighted by atomic mass is 32.1. The van der Waals surface area contributed by atoms with Crippen molar-refractivity contribution >= 4 is 28.1 Å². The summed E-state index contributed by atoms with van der Waals surface area (Å²) in [6, 6.07) is 22.5. The number of thiazole rings is 1. The van der Waals surface area contributed by atoms with Crippen LogP contribution in [0, 0.1) is 0 Å². The number of methoxy groups -OCH3 is 2. The zero-order valence-electron chi connectivity index (χ0n) is 18.3. The summed E-state index contributed by atoms with van der Waals surface area (Å²) in [5, 5.41) is 3.10. The summed E-state index contributed by atoms with van der Waals surface area (Å²) < 4.78 is 16.9. The molecule has 164 valence electrons. The Balaban J connectivity index is 1.59. The molecular formula is C26H25NO4S. The highest BCUT2D eigenvalue weighted by molar-refractivity contribution is 7.13. The lowest BCUT2D eigenvalue weighted by atomic mass is 9.91. The average Bonchev–Trinajstić information content (AvgIpc) is 3.34. The van der Waals surface area contributed by atoms with Crippen molar-refractivity contribution in [1.29, 1.82) is 0 Å². The Bertz CT molecular complexity index is 1230. The first kappa shape index (κ1) is 22.0. The highest BCUT2D eigenvalue weighted by Crippen LogP contribution is 2.40. The molecule has 0 aliphatic carbocycles. The van der Waals surface area contributed by atoms with Crippen LogP contribution in [0.4, 0.5) is 0 Å². The Hall–Kier alpha value is -3.22. The van der Waals surface area contributed by atoms with Gasteiger partial charge in [0.05, 0.1) is 13.3 Å². The molecule has 5 nitrogen and oxygen atoms in total. The molecule has 0 saturated heterocycles. The SMILES string of the molecule is CCC(OC)(c1cccc(OCc2ccc3ccccc3c2)c1)c1ncc(C(=O)OC)s1. The van der Waals surface area contributed by atoms with Crippen molar-refractivity contribution in [3.63, 3.8) is 0 Å². The van der Waals surface area contributed by atoms with Crippen LogP contribution in [0.5, 0.6) is 5.75 Å². The van der Waals surface area contributed by atoms with E-state index in [2.05, 4.69) is 35.3 Å². The molecular weight excluding hydrogens is 422 g/mol. The number of aromatic nitrogens is 1. The second kappa shape index (κ2) is 9.51. The summed E-state index contributed by atoms with van der Waals surface area (Å²) in [6.07, 6.45) is 2.18. The number of carbonyl (C=O) groups excluding carboxylic acids is 1. The van der Waals surface area contributed by atoms with E-state index in [1.54, 1.807) is 7.11 Å². The molecule has 3 aromatic carbocycles. The van der Waals surface area contributed by atoms with Crippen molar-refractivity contribution in [2.24, 2.45) is 0 Å². The quantitative estimate of drug-likeness (QED) is 0.312. The number of fused-ring (bicyclic) bond motifs is 1. The minimum Gasteiger partial charge on any atom is -0.489 e. The molecule has 1 unspecified atom stereocenters. The summed E-state index contributed by atoms with van der Waals surface area (Å²) >= 11 is 1.28. The van der Waals surface area contributed by atoms with E-state index in [9.17, 15) is 4.79 Å². The van der Waals surface area contributed by atoms with E-state index >= 15 is 0 Å². The van der Waals surface area contributed by atoms with E-state index in [-0.39, 0.29) is 0 Å². The minimum absolute atomic E-state index is 0.401. The number of carbonyl (C=O) groups is 1. The smallest absolute Gasteiger partial charge is 0.349 e. The lowest BCUT2D eigenvalue weighted by molar-refractivity contribution is 0.0182. The van der Waals surface area contributed by atoms with Gasteiger partial charge in [-0.1, -0.05) is 55.5 Å². The van der Waals surface area contributed by atoms with Crippen molar-refractivity contribution in [2.75, 3.05) is 14.2 Å². The average molecular weight is 448 g/mol. The number of esters is 1. The monoisotopic (exact) mass is 447 g/mol. The second-order valence-corrected chi connectivity index (χ2v) is 8.43. The van der Waals surface area contributed by atoms with E-state index in [0.717, 1.165) is 16.9 Å². The number of hydrogen-bond acceptors (Lipinski definition) is 6. The van der Waals surface area contributed by atoms with E-state index in [0.29, 0.717) is 22.9 Å². The molecule has 0 spiro atoms. The van der Waals surface area contributed by atoms with Crippen molar-refractivity contribution in [1.82, 2.24) is 4.98 Å². The molecule has 0 N–H and O–H groups in total. The zero-order valence-corrected chi connectivity index (χ0v) is 19.1. The predicted octanol–water partition coefficient (Wildman–Crippen LogP) is 5.96. The number of benzene rings is 3. The first-order chi connectivity index (χ1) is 15.6. The number of hydrogen-bond donors (Lipinski definition) is 0. The van der Waals surface area contributed by atoms with Gasteiger partial charge in [0.1, 0.15) is 27.8 Å². The Morgan fingerprint density at radius 1 is 1.00 bits per heavy atom. The van der Waals surface area contributed by atoms with Crippen molar-refractivity contribution < 1.29 is 19.0 Å². The maximum Gasteiger partial charge on any atom is 0.349 e. The molecule has 6 heteroatoms. The maximum absolute atomic E-state index is 11.9. The summed E-state index contributed by atoms with van der Waals surface area (Å²) in [5.74, 6) is 0.345. The van der Waals surface area contributed by atoms with Crippen LogP contribution in [0.1, 0.15) is 39.2 Å². The molecule has 0 saturated carbocycles. The topological polar surface area (TPSA) is 57.7 Å². The van der Waals surface area contributed by atoms with Gasteiger partial charge in [-0.3, -0.25) is 0 Å². The van der Waals surface area contributed by atoms with Crippen LogP contribution < -0.4 is 4.74 Å². The van der Waals surface area contributed by atoms with Crippen LogP contribution in [0.25, 0.3) is 10.8 Å². The van der Waals surface area contributed by atoms with Gasteiger partial charge < -0.3 is 14.2 Å². The first-order valence-electron chi connectivity index (χ1n) is 10.4. The fraction of sp³-hybridized carbons (Fsp3) is 0.231. The predicted molar refractivity (Wildman–Crippen MR) is 126 cm³/mol. The Morgan fingerprint density at radius 3 is 2.56 bits per heavy atom. The molecule has 0 fully saturated rings. The largest absolute Gasteiger partial charge is 0.489 e. The van der Waals surface area contributed by atoms with Crippen LogP contribution in [-0.2, 0) is 21.7 Å². The van der Waals surface area contributed by atoms with Gasteiger partial charge in [-0.05, 0) is 46.5 Å². The first-order valence-corrected chi connectivity index (χ1v) is 11.2. The Labute approximate surface area is 191 Å². The Kier molecular flexibility index (Phi) is 6.53. The number of ether oxygens (including phenoxy) is 3. The van der Waals surface area contributed by atoms with Gasteiger partial charge in [0.15, 0.2) is 0 Å². The molecule has 0 radical (unpaired) electrons. The molecule has 0 aliphatic rings. The van der Waals surface area contributed by atoms with Crippen molar-refractivity contribution in [3.05, 3.63) is 93.9 Å². The van der Waals surface area contributed by atoms with Crippen LogP contribution in [0.15, 0.2) is 72.9 Å². The fourth-order valence-corrected chi connectivity index (χ4v) is 4.91. The van der Waals surface area contributed by atoms with Crippen LogP contribution in [0.2, 0.25) is 0 Å². The second-order valence-electron chi connectivity index (χ2n) is 7.40. The number of nitrogens with zero attached hydrogens (tertiary/aromatic N) is 1. The van der Waals surface area contributed by atoms with Gasteiger partial charge in [-0.2, -0.15) is 0 Å². The van der Waals surface area contributed by atoms with Crippen LogP contribution in [-0.4, -0.2) is 25.2 Å². The third-order valence-electron chi connectivity index (χ3n) is 5.60. The third kappa shape index (κ3) is 4.24. The molecule has 4 aromatic rings. The fourth-order valence-electron chi connectivity index (χ4n) is 3.82. The van der Waals surface area contributed by atoms with Crippen molar-refractivity contribution in [2.45, 2.75) is 25.6 Å². The highest BCUT2D eigenvalue weighted by Gasteiger charge is 2.36. The van der Waals surface area contributed by atoms with E-state index in [1.807, 2.05) is 43.3 Å². The van der Waals surface area contributed by atoms with Crippen LogP contribution >= 0.6 is 11.3 Å². The van der Waals surface area contributed by atoms with E-state index < -0.39 is 11.6 Å². The molecule has 1 aromatic heterocycles. The molecule has 1 heterocycles. The van der Waals surface area contributed by atoms with Gasteiger partial charge in [0.25, 0.3) is 0 Å². The third-order valence-corrected chi connectivity index (χ3v) is 6.72. The van der Waals surface area contributed by atoms with E-state index in [4.69, 9.17) is 14.2 Å². The zero-order chi connectivity index (χ0) is 22.6. The lowest BCUT2D eigenvalue weighted by Gasteiger charge is -2.30. The van der Waals surface area contributed by atoms with Gasteiger partial charge in [0, 0.05) is 7.11 Å².